The van der Waals surface area contributed by atoms with Crippen LogP contribution in [-0.2, 0) is 4.74 Å². The SMILES string of the molecule is C#CC[C@H](NC(=O)OC(C)(C)C)c1nc2cc(Cl)ccc2c(=O)o1. The second-order valence-corrected chi connectivity index (χ2v) is 6.54. The van der Waals surface area contributed by atoms with Gasteiger partial charge in [0.25, 0.3) is 0 Å². The minimum Gasteiger partial charge on any atom is -0.444 e. The summed E-state index contributed by atoms with van der Waals surface area (Å²) in [6.45, 7) is 5.21. The van der Waals surface area contributed by atoms with Crippen LogP contribution in [0.25, 0.3) is 10.9 Å². The van der Waals surface area contributed by atoms with Gasteiger partial charge in [-0.2, -0.15) is 0 Å². The number of hydrogen-bond donors (Lipinski definition) is 1. The monoisotopic (exact) mass is 348 g/mol. The standard InChI is InChI=1S/C17H17ClN2O4/c1-5-6-12(20-16(22)24-17(2,3)4)14-19-13-9-10(18)7-8-11(13)15(21)23-14/h1,7-9,12H,6H2,2-4H3,(H,20,22)/t12-/m0/s1. The Labute approximate surface area is 144 Å². The van der Waals surface area contributed by atoms with Crippen molar-refractivity contribution in [3.05, 3.63) is 39.5 Å². The summed E-state index contributed by atoms with van der Waals surface area (Å²) in [4.78, 5) is 28.3. The normalized spacial score (nSPS) is 12.5. The zero-order valence-corrected chi connectivity index (χ0v) is 14.3. The summed E-state index contributed by atoms with van der Waals surface area (Å²) in [7, 11) is 0. The van der Waals surface area contributed by atoms with Crippen LogP contribution >= 0.6 is 11.6 Å². The number of carbonyl (C=O) groups excluding carboxylic acids is 1. The van der Waals surface area contributed by atoms with Gasteiger partial charge in [-0.25, -0.2) is 14.6 Å². The van der Waals surface area contributed by atoms with Crippen LogP contribution in [0.4, 0.5) is 4.79 Å². The Balaban J connectivity index is 2.37. The first-order valence-electron chi connectivity index (χ1n) is 7.23. The van der Waals surface area contributed by atoms with E-state index in [-0.39, 0.29) is 12.3 Å². The molecule has 0 aliphatic heterocycles. The first kappa shape index (κ1) is 17.8. The van der Waals surface area contributed by atoms with E-state index < -0.39 is 23.4 Å². The molecule has 7 heteroatoms. The van der Waals surface area contributed by atoms with Crippen LogP contribution in [0.15, 0.2) is 27.4 Å². The number of aromatic nitrogens is 1. The molecular formula is C17H17ClN2O4. The molecule has 0 saturated carbocycles. The predicted molar refractivity (Wildman–Crippen MR) is 90.8 cm³/mol. The number of rotatable bonds is 3. The third-order valence-corrected chi connectivity index (χ3v) is 3.15. The van der Waals surface area contributed by atoms with Crippen molar-refractivity contribution in [2.45, 2.75) is 38.8 Å². The molecule has 0 spiro atoms. The topological polar surface area (TPSA) is 81.4 Å². The maximum Gasteiger partial charge on any atom is 0.408 e. The molecule has 2 rings (SSSR count). The lowest BCUT2D eigenvalue weighted by Crippen LogP contribution is -2.35. The van der Waals surface area contributed by atoms with Crippen LogP contribution in [0.1, 0.15) is 39.1 Å². The Bertz CT molecular complexity index is 861. The highest BCUT2D eigenvalue weighted by Gasteiger charge is 2.23. The lowest BCUT2D eigenvalue weighted by atomic mass is 10.2. The molecule has 1 atom stereocenters. The van der Waals surface area contributed by atoms with E-state index in [1.165, 1.54) is 12.1 Å². The summed E-state index contributed by atoms with van der Waals surface area (Å²) in [6.07, 6.45) is 4.74. The lowest BCUT2D eigenvalue weighted by molar-refractivity contribution is 0.0495. The highest BCUT2D eigenvalue weighted by Crippen LogP contribution is 2.20. The molecule has 1 aromatic carbocycles. The number of amides is 1. The van der Waals surface area contributed by atoms with Gasteiger partial charge in [0.05, 0.1) is 10.9 Å². The average molecular weight is 349 g/mol. The summed E-state index contributed by atoms with van der Waals surface area (Å²) in [5, 5.41) is 3.29. The number of ether oxygens (including phenoxy) is 1. The predicted octanol–water partition coefficient (Wildman–Crippen LogP) is 3.43. The number of carbonyl (C=O) groups is 1. The second kappa shape index (κ2) is 6.93. The molecule has 0 aliphatic rings. The van der Waals surface area contributed by atoms with Crippen LogP contribution in [0.3, 0.4) is 0 Å². The van der Waals surface area contributed by atoms with Crippen molar-refractivity contribution in [3.63, 3.8) is 0 Å². The van der Waals surface area contributed by atoms with E-state index >= 15 is 0 Å². The molecule has 0 saturated heterocycles. The fraction of sp³-hybridized carbons (Fsp3) is 0.353. The Morgan fingerprint density at radius 1 is 1.50 bits per heavy atom. The first-order chi connectivity index (χ1) is 11.2. The minimum absolute atomic E-state index is 0.00132. The van der Waals surface area contributed by atoms with Gasteiger partial charge in [0.15, 0.2) is 0 Å². The molecule has 126 valence electrons. The largest absolute Gasteiger partial charge is 0.444 e. The number of halogens is 1. The van der Waals surface area contributed by atoms with Crippen LogP contribution in [0.2, 0.25) is 5.02 Å². The smallest absolute Gasteiger partial charge is 0.408 e. The van der Waals surface area contributed by atoms with Gasteiger partial charge >= 0.3 is 11.7 Å². The first-order valence-corrected chi connectivity index (χ1v) is 7.60. The third kappa shape index (κ3) is 4.49. The summed E-state index contributed by atoms with van der Waals surface area (Å²) >= 11 is 5.93. The van der Waals surface area contributed by atoms with Gasteiger partial charge in [-0.3, -0.25) is 0 Å². The Hall–Kier alpha value is -2.52. The van der Waals surface area contributed by atoms with Gasteiger partial charge < -0.3 is 14.5 Å². The summed E-state index contributed by atoms with van der Waals surface area (Å²) in [5.41, 5.74) is -0.892. The van der Waals surface area contributed by atoms with E-state index in [0.29, 0.717) is 15.9 Å². The fourth-order valence-electron chi connectivity index (χ4n) is 1.98. The van der Waals surface area contributed by atoms with Crippen molar-refractivity contribution < 1.29 is 13.9 Å². The van der Waals surface area contributed by atoms with E-state index in [1.54, 1.807) is 26.8 Å². The fourth-order valence-corrected chi connectivity index (χ4v) is 2.14. The number of terminal acetylenes is 1. The average Bonchev–Trinajstić information content (AvgIpc) is 2.44. The summed E-state index contributed by atoms with van der Waals surface area (Å²) in [6, 6.07) is 3.84. The molecule has 0 bridgehead atoms. The van der Waals surface area contributed by atoms with Crippen LogP contribution in [0, 0.1) is 12.3 Å². The van der Waals surface area contributed by atoms with E-state index in [1.807, 2.05) is 0 Å². The van der Waals surface area contributed by atoms with Crippen LogP contribution < -0.4 is 10.9 Å². The highest BCUT2D eigenvalue weighted by molar-refractivity contribution is 6.31. The molecule has 1 N–H and O–H groups in total. The van der Waals surface area contributed by atoms with Gasteiger partial charge in [-0.05, 0) is 39.0 Å². The Kier molecular flexibility index (Phi) is 5.15. The lowest BCUT2D eigenvalue weighted by Gasteiger charge is -2.22. The van der Waals surface area contributed by atoms with Crippen molar-refractivity contribution >= 4 is 28.6 Å². The molecule has 0 radical (unpaired) electrons. The van der Waals surface area contributed by atoms with Gasteiger partial charge in [0, 0.05) is 11.4 Å². The van der Waals surface area contributed by atoms with E-state index in [9.17, 15) is 9.59 Å². The molecule has 0 aliphatic carbocycles. The molecule has 0 fully saturated rings. The molecule has 1 heterocycles. The van der Waals surface area contributed by atoms with Gasteiger partial charge in [0.2, 0.25) is 5.89 Å². The zero-order valence-electron chi connectivity index (χ0n) is 13.6. The van der Waals surface area contributed by atoms with Crippen molar-refractivity contribution in [1.29, 1.82) is 0 Å². The molecule has 2 aromatic rings. The zero-order chi connectivity index (χ0) is 17.9. The van der Waals surface area contributed by atoms with Gasteiger partial charge in [0.1, 0.15) is 11.6 Å². The number of alkyl carbamates (subject to hydrolysis) is 1. The summed E-state index contributed by atoms with van der Waals surface area (Å²) < 4.78 is 10.4. The second-order valence-electron chi connectivity index (χ2n) is 6.11. The molecule has 1 aromatic heterocycles. The van der Waals surface area contributed by atoms with Crippen molar-refractivity contribution in [2.24, 2.45) is 0 Å². The number of hydrogen-bond acceptors (Lipinski definition) is 5. The van der Waals surface area contributed by atoms with Crippen molar-refractivity contribution in [2.75, 3.05) is 0 Å². The number of benzene rings is 1. The number of nitrogens with zero attached hydrogens (tertiary/aromatic N) is 1. The number of nitrogens with one attached hydrogen (secondary N) is 1. The minimum atomic E-state index is -0.791. The Morgan fingerprint density at radius 3 is 2.83 bits per heavy atom. The summed E-state index contributed by atoms with van der Waals surface area (Å²) in [5.74, 6) is 2.41. The van der Waals surface area contributed by atoms with Gasteiger partial charge in [-0.15, -0.1) is 12.3 Å². The van der Waals surface area contributed by atoms with Crippen molar-refractivity contribution in [3.8, 4) is 12.3 Å². The Morgan fingerprint density at radius 2 is 2.21 bits per heavy atom. The van der Waals surface area contributed by atoms with Crippen LogP contribution in [0.5, 0.6) is 0 Å². The van der Waals surface area contributed by atoms with Crippen molar-refractivity contribution in [1.82, 2.24) is 10.3 Å². The molecule has 0 unspecified atom stereocenters. The highest BCUT2D eigenvalue weighted by atomic mass is 35.5. The third-order valence-electron chi connectivity index (χ3n) is 2.92. The quantitative estimate of drug-likeness (QED) is 0.859. The van der Waals surface area contributed by atoms with E-state index in [4.69, 9.17) is 27.2 Å². The van der Waals surface area contributed by atoms with E-state index in [2.05, 4.69) is 16.2 Å². The number of fused-ring (bicyclic) bond motifs is 1. The van der Waals surface area contributed by atoms with Gasteiger partial charge in [-0.1, -0.05) is 11.6 Å². The molecule has 1 amide bonds. The maximum atomic E-state index is 12.1. The molecule has 6 nitrogen and oxygen atoms in total. The van der Waals surface area contributed by atoms with Crippen LogP contribution in [-0.4, -0.2) is 16.7 Å². The molecular weight excluding hydrogens is 332 g/mol. The maximum absolute atomic E-state index is 12.1. The molecule has 24 heavy (non-hydrogen) atoms. The van der Waals surface area contributed by atoms with E-state index in [0.717, 1.165) is 0 Å².